The fraction of sp³-hybridized carbons (Fsp3) is 0.571. The summed E-state index contributed by atoms with van der Waals surface area (Å²) < 4.78 is 0. The maximum absolute atomic E-state index is 6.07. The molecule has 1 aromatic heterocycles. The number of hydrogen-bond donors (Lipinski definition) is 1. The van der Waals surface area contributed by atoms with E-state index < -0.39 is 0 Å². The van der Waals surface area contributed by atoms with Crippen molar-refractivity contribution >= 4 is 5.84 Å². The number of hydrogen-bond acceptors (Lipinski definition) is 2. The Labute approximate surface area is 103 Å². The molecule has 1 saturated carbocycles. The predicted octanol–water partition coefficient (Wildman–Crippen LogP) is 2.83. The SMILES string of the molecule is Cc1cccnc1CN=C(N)C1CCCCC1. The van der Waals surface area contributed by atoms with Gasteiger partial charge in [-0.2, -0.15) is 0 Å². The zero-order valence-corrected chi connectivity index (χ0v) is 10.5. The monoisotopic (exact) mass is 231 g/mol. The first-order chi connectivity index (χ1) is 8.27. The Kier molecular flexibility index (Phi) is 4.13. The third kappa shape index (κ3) is 3.29. The largest absolute Gasteiger partial charge is 0.387 e. The van der Waals surface area contributed by atoms with Crippen LogP contribution in [0.5, 0.6) is 0 Å². The van der Waals surface area contributed by atoms with Gasteiger partial charge in [-0.15, -0.1) is 0 Å². The van der Waals surface area contributed by atoms with Crippen LogP contribution in [0.1, 0.15) is 43.4 Å². The Morgan fingerprint density at radius 2 is 2.18 bits per heavy atom. The molecule has 3 heteroatoms. The van der Waals surface area contributed by atoms with Crippen LogP contribution >= 0.6 is 0 Å². The average molecular weight is 231 g/mol. The van der Waals surface area contributed by atoms with E-state index in [4.69, 9.17) is 5.73 Å². The second kappa shape index (κ2) is 5.80. The molecule has 0 aliphatic heterocycles. The van der Waals surface area contributed by atoms with E-state index in [1.54, 1.807) is 0 Å². The highest BCUT2D eigenvalue weighted by atomic mass is 14.9. The molecule has 0 spiro atoms. The summed E-state index contributed by atoms with van der Waals surface area (Å²) in [5.41, 5.74) is 8.29. The summed E-state index contributed by atoms with van der Waals surface area (Å²) in [6.45, 7) is 2.68. The molecule has 1 aliphatic carbocycles. The van der Waals surface area contributed by atoms with Crippen LogP contribution in [0.4, 0.5) is 0 Å². The van der Waals surface area contributed by atoms with Crippen LogP contribution in [0.25, 0.3) is 0 Å². The third-order valence-corrected chi connectivity index (χ3v) is 3.55. The summed E-state index contributed by atoms with van der Waals surface area (Å²) in [4.78, 5) is 8.84. The highest BCUT2D eigenvalue weighted by molar-refractivity contribution is 5.82. The van der Waals surface area contributed by atoms with Crippen LogP contribution in [0.2, 0.25) is 0 Å². The lowest BCUT2D eigenvalue weighted by molar-refractivity contribution is 0.436. The molecule has 17 heavy (non-hydrogen) atoms. The van der Waals surface area contributed by atoms with Crippen molar-refractivity contribution in [2.24, 2.45) is 16.6 Å². The van der Waals surface area contributed by atoms with Crippen molar-refractivity contribution in [3.63, 3.8) is 0 Å². The minimum Gasteiger partial charge on any atom is -0.387 e. The number of nitrogens with zero attached hydrogens (tertiary/aromatic N) is 2. The molecule has 0 unspecified atom stereocenters. The molecule has 1 heterocycles. The van der Waals surface area contributed by atoms with Crippen LogP contribution in [-0.2, 0) is 6.54 Å². The average Bonchev–Trinajstić information content (AvgIpc) is 2.38. The highest BCUT2D eigenvalue weighted by Crippen LogP contribution is 2.23. The summed E-state index contributed by atoms with van der Waals surface area (Å²) in [5, 5.41) is 0. The third-order valence-electron chi connectivity index (χ3n) is 3.55. The molecule has 0 saturated heterocycles. The van der Waals surface area contributed by atoms with Gasteiger partial charge in [0.05, 0.1) is 18.1 Å². The van der Waals surface area contributed by atoms with E-state index in [0.29, 0.717) is 12.5 Å². The lowest BCUT2D eigenvalue weighted by atomic mass is 9.88. The lowest BCUT2D eigenvalue weighted by Crippen LogP contribution is -2.26. The van der Waals surface area contributed by atoms with E-state index in [1.807, 2.05) is 12.3 Å². The second-order valence-corrected chi connectivity index (χ2v) is 4.84. The number of aliphatic imine (C=N–C) groups is 1. The van der Waals surface area contributed by atoms with Gasteiger partial charge in [-0.3, -0.25) is 9.98 Å². The number of aromatic nitrogens is 1. The molecule has 0 aromatic carbocycles. The smallest absolute Gasteiger partial charge is 0.0973 e. The van der Waals surface area contributed by atoms with Crippen LogP contribution in [0.15, 0.2) is 23.3 Å². The summed E-state index contributed by atoms with van der Waals surface area (Å²) in [6, 6.07) is 4.02. The van der Waals surface area contributed by atoms with Crippen molar-refractivity contribution in [2.75, 3.05) is 0 Å². The molecule has 0 amide bonds. The number of rotatable bonds is 3. The molecule has 1 fully saturated rings. The van der Waals surface area contributed by atoms with Gasteiger partial charge >= 0.3 is 0 Å². The molecule has 0 radical (unpaired) electrons. The van der Waals surface area contributed by atoms with Gasteiger partial charge in [0.2, 0.25) is 0 Å². The van der Waals surface area contributed by atoms with Crippen LogP contribution < -0.4 is 5.73 Å². The van der Waals surface area contributed by atoms with Gasteiger partial charge in [0.1, 0.15) is 0 Å². The van der Waals surface area contributed by atoms with Gasteiger partial charge < -0.3 is 5.73 Å². The van der Waals surface area contributed by atoms with Gasteiger partial charge in [0.25, 0.3) is 0 Å². The van der Waals surface area contributed by atoms with E-state index in [2.05, 4.69) is 23.0 Å². The Balaban J connectivity index is 1.97. The van der Waals surface area contributed by atoms with Crippen molar-refractivity contribution in [2.45, 2.75) is 45.6 Å². The van der Waals surface area contributed by atoms with E-state index in [0.717, 1.165) is 11.5 Å². The quantitative estimate of drug-likeness (QED) is 0.642. The molecular weight excluding hydrogens is 210 g/mol. The van der Waals surface area contributed by atoms with Crippen molar-refractivity contribution in [3.05, 3.63) is 29.6 Å². The first-order valence-corrected chi connectivity index (χ1v) is 6.47. The minimum atomic E-state index is 0.507. The minimum absolute atomic E-state index is 0.507. The Morgan fingerprint density at radius 1 is 1.41 bits per heavy atom. The molecule has 2 N–H and O–H groups in total. The zero-order chi connectivity index (χ0) is 12.1. The van der Waals surface area contributed by atoms with Gasteiger partial charge in [0, 0.05) is 12.1 Å². The fourth-order valence-corrected chi connectivity index (χ4v) is 2.38. The number of aryl methyl sites for hydroxylation is 1. The first kappa shape index (κ1) is 12.1. The van der Waals surface area contributed by atoms with Crippen LogP contribution in [-0.4, -0.2) is 10.8 Å². The summed E-state index contributed by atoms with van der Waals surface area (Å²) in [7, 11) is 0. The lowest BCUT2D eigenvalue weighted by Gasteiger charge is -2.20. The summed E-state index contributed by atoms with van der Waals surface area (Å²) in [6.07, 6.45) is 8.16. The van der Waals surface area contributed by atoms with Crippen molar-refractivity contribution in [1.82, 2.24) is 4.98 Å². The van der Waals surface area contributed by atoms with E-state index in [-0.39, 0.29) is 0 Å². The Morgan fingerprint density at radius 3 is 2.88 bits per heavy atom. The first-order valence-electron chi connectivity index (χ1n) is 6.47. The van der Waals surface area contributed by atoms with Gasteiger partial charge in [0.15, 0.2) is 0 Å². The highest BCUT2D eigenvalue weighted by Gasteiger charge is 2.16. The molecule has 92 valence electrons. The standard InChI is InChI=1S/C14H21N3/c1-11-6-5-9-16-13(11)10-17-14(15)12-7-3-2-4-8-12/h5-6,9,12H,2-4,7-8,10H2,1H3,(H2,15,17). The Hall–Kier alpha value is -1.38. The molecule has 2 rings (SSSR count). The summed E-state index contributed by atoms with van der Waals surface area (Å²) >= 11 is 0. The number of nitrogens with two attached hydrogens (primary N) is 1. The van der Waals surface area contributed by atoms with Gasteiger partial charge in [-0.25, -0.2) is 0 Å². The van der Waals surface area contributed by atoms with E-state index in [1.165, 1.54) is 37.7 Å². The maximum Gasteiger partial charge on any atom is 0.0973 e. The normalized spacial score (nSPS) is 18.3. The predicted molar refractivity (Wildman–Crippen MR) is 70.9 cm³/mol. The van der Waals surface area contributed by atoms with Gasteiger partial charge in [-0.1, -0.05) is 25.3 Å². The second-order valence-electron chi connectivity index (χ2n) is 4.84. The van der Waals surface area contributed by atoms with Crippen LogP contribution in [0, 0.1) is 12.8 Å². The molecular formula is C14H21N3. The molecule has 3 nitrogen and oxygen atoms in total. The number of amidine groups is 1. The number of pyridine rings is 1. The maximum atomic E-state index is 6.07. The Bertz CT molecular complexity index is 392. The molecule has 1 aromatic rings. The van der Waals surface area contributed by atoms with Crippen molar-refractivity contribution in [1.29, 1.82) is 0 Å². The molecule has 0 atom stereocenters. The van der Waals surface area contributed by atoms with Crippen molar-refractivity contribution < 1.29 is 0 Å². The molecule has 1 aliphatic rings. The van der Waals surface area contributed by atoms with E-state index in [9.17, 15) is 0 Å². The van der Waals surface area contributed by atoms with Crippen molar-refractivity contribution in [3.8, 4) is 0 Å². The van der Waals surface area contributed by atoms with Crippen LogP contribution in [0.3, 0.4) is 0 Å². The zero-order valence-electron chi connectivity index (χ0n) is 10.5. The molecule has 0 bridgehead atoms. The van der Waals surface area contributed by atoms with Gasteiger partial charge in [-0.05, 0) is 31.4 Å². The topological polar surface area (TPSA) is 51.3 Å². The summed E-state index contributed by atoms with van der Waals surface area (Å²) in [5.74, 6) is 1.34. The van der Waals surface area contributed by atoms with E-state index >= 15 is 0 Å². The fourth-order valence-electron chi connectivity index (χ4n) is 2.38.